The Kier molecular flexibility index (Phi) is 5.31. The van der Waals surface area contributed by atoms with E-state index < -0.39 is 12.5 Å². The summed E-state index contributed by atoms with van der Waals surface area (Å²) in [5.41, 5.74) is 0.718. The van der Waals surface area contributed by atoms with Gasteiger partial charge in [0.1, 0.15) is 0 Å². The number of rotatable bonds is 5. The second-order valence-corrected chi connectivity index (χ2v) is 4.60. The van der Waals surface area contributed by atoms with Crippen molar-refractivity contribution in [3.8, 4) is 0 Å². The smallest absolute Gasteiger partial charge is 0.251 e. The Morgan fingerprint density at radius 1 is 1.38 bits per heavy atom. The van der Waals surface area contributed by atoms with Crippen molar-refractivity contribution in [3.05, 3.63) is 34.3 Å². The summed E-state index contributed by atoms with van der Waals surface area (Å²) >= 11 is 3.29. The van der Waals surface area contributed by atoms with Gasteiger partial charge in [0, 0.05) is 11.0 Å². The van der Waals surface area contributed by atoms with E-state index in [2.05, 4.69) is 15.9 Å². The van der Waals surface area contributed by atoms with Gasteiger partial charge in [-0.2, -0.15) is 0 Å². The number of aliphatic hydroxyl groups excluding tert-OH is 1. The quantitative estimate of drug-likeness (QED) is 0.902. The molecule has 2 nitrogen and oxygen atoms in total. The number of alkyl halides is 2. The fourth-order valence-corrected chi connectivity index (χ4v) is 1.84. The second-order valence-electron chi connectivity index (χ2n) is 3.68. The highest BCUT2D eigenvalue weighted by molar-refractivity contribution is 9.10. The van der Waals surface area contributed by atoms with E-state index >= 15 is 0 Å². The Morgan fingerprint density at radius 3 is 2.62 bits per heavy atom. The number of likely N-dealkylation sites (N-methyl/N-ethyl adjacent to an activating group) is 1. The summed E-state index contributed by atoms with van der Waals surface area (Å²) in [5.74, 6) is 0. The van der Waals surface area contributed by atoms with Crippen molar-refractivity contribution in [3.63, 3.8) is 0 Å². The van der Waals surface area contributed by atoms with Gasteiger partial charge in [-0.05, 0) is 24.7 Å². The number of nitrogens with zero attached hydrogens (tertiary/aromatic N) is 1. The van der Waals surface area contributed by atoms with Crippen LogP contribution in [0.15, 0.2) is 28.7 Å². The maximum absolute atomic E-state index is 12.1. The highest BCUT2D eigenvalue weighted by atomic mass is 79.9. The molecule has 0 radical (unpaired) electrons. The van der Waals surface area contributed by atoms with Crippen LogP contribution in [0.2, 0.25) is 0 Å². The molecule has 0 bridgehead atoms. The normalized spacial score (nSPS) is 13.4. The van der Waals surface area contributed by atoms with Crippen molar-refractivity contribution in [2.24, 2.45) is 0 Å². The summed E-state index contributed by atoms with van der Waals surface area (Å²) in [7, 11) is 1.56. The van der Waals surface area contributed by atoms with Crippen LogP contribution >= 0.6 is 15.9 Å². The second kappa shape index (κ2) is 6.27. The lowest BCUT2D eigenvalue weighted by molar-refractivity contribution is 0.0680. The van der Waals surface area contributed by atoms with Crippen molar-refractivity contribution < 1.29 is 13.9 Å². The van der Waals surface area contributed by atoms with Crippen LogP contribution in [-0.4, -0.2) is 36.6 Å². The lowest BCUT2D eigenvalue weighted by Crippen LogP contribution is -2.29. The van der Waals surface area contributed by atoms with Crippen LogP contribution in [0, 0.1) is 0 Å². The minimum absolute atomic E-state index is 0.195. The van der Waals surface area contributed by atoms with Crippen LogP contribution in [-0.2, 0) is 0 Å². The monoisotopic (exact) mass is 293 g/mol. The maximum atomic E-state index is 12.1. The fourth-order valence-electron chi connectivity index (χ4n) is 1.42. The molecule has 5 heteroatoms. The fraction of sp³-hybridized carbons (Fsp3) is 0.455. The van der Waals surface area contributed by atoms with E-state index in [-0.39, 0.29) is 13.1 Å². The maximum Gasteiger partial charge on any atom is 0.251 e. The summed E-state index contributed by atoms with van der Waals surface area (Å²) in [6.45, 7) is -0.133. The summed E-state index contributed by atoms with van der Waals surface area (Å²) in [6.07, 6.45) is -3.12. The Labute approximate surface area is 102 Å². The van der Waals surface area contributed by atoms with Crippen LogP contribution in [0.4, 0.5) is 8.78 Å². The summed E-state index contributed by atoms with van der Waals surface area (Å²) in [6, 6.07) is 7.20. The van der Waals surface area contributed by atoms with Crippen LogP contribution in [0.5, 0.6) is 0 Å². The molecule has 0 saturated heterocycles. The molecule has 0 spiro atoms. The molecule has 1 atom stereocenters. The number of hydrogen-bond donors (Lipinski definition) is 1. The molecule has 0 aliphatic carbocycles. The highest BCUT2D eigenvalue weighted by Crippen LogP contribution is 2.18. The topological polar surface area (TPSA) is 23.5 Å². The van der Waals surface area contributed by atoms with Gasteiger partial charge in [-0.3, -0.25) is 4.90 Å². The first-order valence-corrected chi connectivity index (χ1v) is 5.68. The van der Waals surface area contributed by atoms with E-state index in [0.717, 1.165) is 10.0 Å². The average molecular weight is 294 g/mol. The highest BCUT2D eigenvalue weighted by Gasteiger charge is 2.13. The predicted molar refractivity (Wildman–Crippen MR) is 62.6 cm³/mol. The van der Waals surface area contributed by atoms with Gasteiger partial charge in [-0.15, -0.1) is 0 Å². The van der Waals surface area contributed by atoms with Crippen molar-refractivity contribution in [2.45, 2.75) is 12.5 Å². The van der Waals surface area contributed by atoms with Gasteiger partial charge in [0.05, 0.1) is 12.6 Å². The Balaban J connectivity index is 2.55. The molecular formula is C11H14BrF2NO. The van der Waals surface area contributed by atoms with Crippen LogP contribution < -0.4 is 0 Å². The standard InChI is InChI=1S/C11H14BrF2NO/c1-15(7-11(13)14)6-10(16)8-3-2-4-9(12)5-8/h2-5,10-11,16H,6-7H2,1H3. The lowest BCUT2D eigenvalue weighted by Gasteiger charge is -2.20. The molecule has 1 aromatic rings. The molecule has 1 aromatic carbocycles. The SMILES string of the molecule is CN(CC(F)F)CC(O)c1cccc(Br)c1. The number of aliphatic hydroxyl groups is 1. The Hall–Kier alpha value is -0.520. The van der Waals surface area contributed by atoms with Crippen molar-refractivity contribution >= 4 is 15.9 Å². The number of benzene rings is 1. The van der Waals surface area contributed by atoms with E-state index in [1.54, 1.807) is 25.2 Å². The van der Waals surface area contributed by atoms with Crippen molar-refractivity contribution in [2.75, 3.05) is 20.1 Å². The van der Waals surface area contributed by atoms with Gasteiger partial charge in [0.15, 0.2) is 0 Å². The summed E-state index contributed by atoms with van der Waals surface area (Å²) < 4.78 is 25.0. The van der Waals surface area contributed by atoms with E-state index in [0.29, 0.717) is 0 Å². The first-order valence-electron chi connectivity index (χ1n) is 4.89. The van der Waals surface area contributed by atoms with Gasteiger partial charge in [0.2, 0.25) is 0 Å². The van der Waals surface area contributed by atoms with Crippen LogP contribution in [0.1, 0.15) is 11.7 Å². The molecule has 90 valence electrons. The molecule has 0 heterocycles. The summed E-state index contributed by atoms with van der Waals surface area (Å²) in [5, 5.41) is 9.82. The third-order valence-corrected chi connectivity index (χ3v) is 2.66. The lowest BCUT2D eigenvalue weighted by atomic mass is 10.1. The van der Waals surface area contributed by atoms with Gasteiger partial charge >= 0.3 is 0 Å². The first-order chi connectivity index (χ1) is 7.49. The molecule has 0 saturated carbocycles. The Morgan fingerprint density at radius 2 is 2.06 bits per heavy atom. The predicted octanol–water partition coefficient (Wildman–Crippen LogP) is 2.68. The van der Waals surface area contributed by atoms with Crippen molar-refractivity contribution in [1.82, 2.24) is 4.90 Å². The molecule has 0 aliphatic heterocycles. The zero-order valence-corrected chi connectivity index (χ0v) is 10.5. The van der Waals surface area contributed by atoms with Gasteiger partial charge in [-0.25, -0.2) is 8.78 Å². The third kappa shape index (κ3) is 4.55. The molecule has 0 fully saturated rings. The van der Waals surface area contributed by atoms with Gasteiger partial charge in [-0.1, -0.05) is 28.1 Å². The van der Waals surface area contributed by atoms with E-state index in [4.69, 9.17) is 0 Å². The zero-order valence-electron chi connectivity index (χ0n) is 8.91. The molecular weight excluding hydrogens is 280 g/mol. The molecule has 1 unspecified atom stereocenters. The third-order valence-electron chi connectivity index (χ3n) is 2.17. The molecule has 1 N–H and O–H groups in total. The van der Waals surface area contributed by atoms with Gasteiger partial charge in [0.25, 0.3) is 6.43 Å². The largest absolute Gasteiger partial charge is 0.387 e. The molecule has 0 aromatic heterocycles. The average Bonchev–Trinajstić information content (AvgIpc) is 2.16. The minimum atomic E-state index is -2.38. The van der Waals surface area contributed by atoms with Crippen LogP contribution in [0.25, 0.3) is 0 Å². The minimum Gasteiger partial charge on any atom is -0.387 e. The van der Waals surface area contributed by atoms with E-state index in [1.807, 2.05) is 6.07 Å². The van der Waals surface area contributed by atoms with Gasteiger partial charge < -0.3 is 5.11 Å². The molecule has 0 amide bonds. The van der Waals surface area contributed by atoms with E-state index in [1.165, 1.54) is 4.90 Å². The van der Waals surface area contributed by atoms with Crippen molar-refractivity contribution in [1.29, 1.82) is 0 Å². The Bertz CT molecular complexity index is 336. The number of halogens is 3. The summed E-state index contributed by atoms with van der Waals surface area (Å²) in [4.78, 5) is 1.41. The zero-order chi connectivity index (χ0) is 12.1. The van der Waals surface area contributed by atoms with Crippen LogP contribution in [0.3, 0.4) is 0 Å². The molecule has 1 rings (SSSR count). The molecule has 16 heavy (non-hydrogen) atoms. The molecule has 0 aliphatic rings. The number of hydrogen-bond acceptors (Lipinski definition) is 2. The first kappa shape index (κ1) is 13.5. The van der Waals surface area contributed by atoms with E-state index in [9.17, 15) is 13.9 Å².